The zero-order valence-electron chi connectivity index (χ0n) is 20.8. The SMILES string of the molecule is O=C(N[C@@H](CNC(=S)NC[C@@H]1O[C@H](CO)[C@H](O)[C@H](O)[C@H]1O)C(=O)O)OCC1c2ccccc2-c2ccccc21. The van der Waals surface area contributed by atoms with Gasteiger partial charge in [0.1, 0.15) is 43.2 Å². The minimum Gasteiger partial charge on any atom is -0.480 e. The number of carbonyl (C=O) groups is 2. The van der Waals surface area contributed by atoms with Gasteiger partial charge in [0.15, 0.2) is 5.11 Å². The average Bonchev–Trinajstić information content (AvgIpc) is 3.26. The van der Waals surface area contributed by atoms with Crippen LogP contribution in [-0.2, 0) is 14.3 Å². The molecule has 0 unspecified atom stereocenters. The first-order valence-electron chi connectivity index (χ1n) is 12.4. The number of carboxylic acids is 1. The maximum Gasteiger partial charge on any atom is 0.407 e. The highest BCUT2D eigenvalue weighted by molar-refractivity contribution is 7.80. The Balaban J connectivity index is 1.26. The molecule has 1 fully saturated rings. The first-order valence-corrected chi connectivity index (χ1v) is 12.8. The lowest BCUT2D eigenvalue weighted by atomic mass is 9.95. The fraction of sp³-hybridized carbons (Fsp3) is 0.423. The molecule has 6 atom stereocenters. The van der Waals surface area contributed by atoms with Gasteiger partial charge in [-0.3, -0.25) is 0 Å². The van der Waals surface area contributed by atoms with Crippen LogP contribution in [0.4, 0.5) is 4.79 Å². The van der Waals surface area contributed by atoms with Gasteiger partial charge in [0, 0.05) is 19.0 Å². The summed E-state index contributed by atoms with van der Waals surface area (Å²) in [7, 11) is 0. The van der Waals surface area contributed by atoms with Crippen molar-refractivity contribution in [3.05, 3.63) is 59.7 Å². The molecule has 39 heavy (non-hydrogen) atoms. The summed E-state index contributed by atoms with van der Waals surface area (Å²) in [6, 6.07) is 14.3. The molecule has 2 aromatic carbocycles. The first kappa shape index (κ1) is 28.7. The van der Waals surface area contributed by atoms with E-state index in [1.165, 1.54) is 0 Å². The highest BCUT2D eigenvalue weighted by Gasteiger charge is 2.43. The van der Waals surface area contributed by atoms with Crippen molar-refractivity contribution >= 4 is 29.4 Å². The van der Waals surface area contributed by atoms with Crippen LogP contribution in [0.25, 0.3) is 11.1 Å². The number of rotatable bonds is 9. The Morgan fingerprint density at radius 3 is 2.10 bits per heavy atom. The maximum atomic E-state index is 12.5. The number of ether oxygens (including phenoxy) is 2. The van der Waals surface area contributed by atoms with Crippen molar-refractivity contribution in [3.8, 4) is 11.1 Å². The number of carboxylic acid groups (broad SMARTS) is 1. The van der Waals surface area contributed by atoms with Crippen LogP contribution in [0.2, 0.25) is 0 Å². The summed E-state index contributed by atoms with van der Waals surface area (Å²) in [5, 5.41) is 56.4. The number of alkyl carbamates (subject to hydrolysis) is 1. The van der Waals surface area contributed by atoms with Crippen molar-refractivity contribution in [2.45, 2.75) is 42.5 Å². The molecule has 0 spiro atoms. The molecule has 0 saturated carbocycles. The van der Waals surface area contributed by atoms with Crippen LogP contribution in [-0.4, -0.2) is 106 Å². The summed E-state index contributed by atoms with van der Waals surface area (Å²) in [6.45, 7) is -0.921. The Morgan fingerprint density at radius 1 is 0.923 bits per heavy atom. The summed E-state index contributed by atoms with van der Waals surface area (Å²) >= 11 is 5.13. The number of hydrogen-bond donors (Lipinski definition) is 8. The predicted octanol–water partition coefficient (Wildman–Crippen LogP) is -0.715. The molecule has 0 aromatic heterocycles. The highest BCUT2D eigenvalue weighted by atomic mass is 32.1. The van der Waals surface area contributed by atoms with Crippen LogP contribution in [0.15, 0.2) is 48.5 Å². The van der Waals surface area contributed by atoms with Crippen molar-refractivity contribution in [2.75, 3.05) is 26.3 Å². The lowest BCUT2D eigenvalue weighted by molar-refractivity contribution is -0.226. The molecule has 4 rings (SSSR count). The second-order valence-corrected chi connectivity index (χ2v) is 9.73. The summed E-state index contributed by atoms with van der Waals surface area (Å²) in [5.41, 5.74) is 4.19. The van der Waals surface area contributed by atoms with E-state index in [-0.39, 0.29) is 30.7 Å². The van der Waals surface area contributed by atoms with Gasteiger partial charge in [-0.05, 0) is 34.5 Å². The fourth-order valence-corrected chi connectivity index (χ4v) is 4.95. The Kier molecular flexibility index (Phi) is 9.32. The van der Waals surface area contributed by atoms with E-state index in [4.69, 9.17) is 21.7 Å². The topological polar surface area (TPSA) is 190 Å². The lowest BCUT2D eigenvalue weighted by Crippen LogP contribution is -2.61. The van der Waals surface area contributed by atoms with E-state index in [0.717, 1.165) is 22.3 Å². The minimum absolute atomic E-state index is 0.00690. The van der Waals surface area contributed by atoms with Crippen LogP contribution in [0.1, 0.15) is 17.0 Å². The number of aliphatic hydroxyl groups excluding tert-OH is 4. The molecule has 1 aliphatic carbocycles. The van der Waals surface area contributed by atoms with Crippen molar-refractivity contribution < 1.29 is 44.6 Å². The van der Waals surface area contributed by atoms with Gasteiger partial charge < -0.3 is 51.0 Å². The predicted molar refractivity (Wildman–Crippen MR) is 142 cm³/mol. The van der Waals surface area contributed by atoms with E-state index < -0.39 is 55.2 Å². The van der Waals surface area contributed by atoms with Gasteiger partial charge in [0.25, 0.3) is 0 Å². The summed E-state index contributed by atoms with van der Waals surface area (Å²) in [4.78, 5) is 24.2. The number of aliphatic hydroxyl groups is 4. The van der Waals surface area contributed by atoms with E-state index >= 15 is 0 Å². The molecule has 1 amide bonds. The molecule has 8 N–H and O–H groups in total. The number of fused-ring (bicyclic) bond motifs is 3. The molecular weight excluding hydrogens is 530 g/mol. The Labute approximate surface area is 229 Å². The standard InChI is InChI=1S/C26H31N3O9S/c30-11-20-22(32)23(33)21(31)19(38-20)10-28-25(39)27-9-18(24(34)35)29-26(36)37-12-17-15-7-3-1-5-13(15)14-6-2-4-8-16(14)17/h1-8,17-23,30-33H,9-12H2,(H,29,36)(H,34,35)(H2,27,28,39)/t18-,19-,20+,21-,22-,23+/m0/s1. The maximum absolute atomic E-state index is 12.5. The highest BCUT2D eigenvalue weighted by Crippen LogP contribution is 2.44. The average molecular weight is 562 g/mol. The molecule has 2 aromatic rings. The number of carbonyl (C=O) groups excluding carboxylic acids is 1. The number of hydrogen-bond acceptors (Lipinski definition) is 9. The van der Waals surface area contributed by atoms with Crippen LogP contribution >= 0.6 is 12.2 Å². The number of nitrogens with one attached hydrogen (secondary N) is 3. The number of amides is 1. The Hall–Kier alpha value is -3.33. The number of aliphatic carboxylic acids is 1. The van der Waals surface area contributed by atoms with Gasteiger partial charge in [-0.15, -0.1) is 0 Å². The zero-order chi connectivity index (χ0) is 28.1. The fourth-order valence-electron chi connectivity index (χ4n) is 4.78. The molecule has 12 nitrogen and oxygen atoms in total. The molecule has 210 valence electrons. The summed E-state index contributed by atoms with van der Waals surface area (Å²) < 4.78 is 10.8. The third-order valence-corrected chi connectivity index (χ3v) is 7.14. The second-order valence-electron chi connectivity index (χ2n) is 9.32. The van der Waals surface area contributed by atoms with Gasteiger partial charge in [0.05, 0.1) is 6.61 Å². The molecule has 0 bridgehead atoms. The van der Waals surface area contributed by atoms with Crippen molar-refractivity contribution in [3.63, 3.8) is 0 Å². The second kappa shape index (κ2) is 12.7. The molecule has 1 heterocycles. The Bertz CT molecular complexity index is 1150. The van der Waals surface area contributed by atoms with E-state index in [1.54, 1.807) is 0 Å². The molecular formula is C26H31N3O9S. The summed E-state index contributed by atoms with van der Waals surface area (Å²) in [6.07, 6.45) is -7.41. The van der Waals surface area contributed by atoms with Crippen LogP contribution in [0.3, 0.4) is 0 Å². The molecule has 2 aliphatic rings. The van der Waals surface area contributed by atoms with Gasteiger partial charge >= 0.3 is 12.1 Å². The van der Waals surface area contributed by atoms with Crippen molar-refractivity contribution in [1.82, 2.24) is 16.0 Å². The van der Waals surface area contributed by atoms with E-state index in [9.17, 15) is 35.1 Å². The number of thiocarbonyl (C=S) groups is 1. The lowest BCUT2D eigenvalue weighted by Gasteiger charge is -2.40. The van der Waals surface area contributed by atoms with Gasteiger partial charge in [-0.1, -0.05) is 48.5 Å². The van der Waals surface area contributed by atoms with Crippen molar-refractivity contribution in [2.24, 2.45) is 0 Å². The molecule has 1 saturated heterocycles. The van der Waals surface area contributed by atoms with Crippen LogP contribution < -0.4 is 16.0 Å². The van der Waals surface area contributed by atoms with Crippen LogP contribution in [0, 0.1) is 0 Å². The van der Waals surface area contributed by atoms with Gasteiger partial charge in [-0.25, -0.2) is 9.59 Å². The quantitative estimate of drug-likeness (QED) is 0.180. The largest absolute Gasteiger partial charge is 0.480 e. The van der Waals surface area contributed by atoms with Crippen molar-refractivity contribution in [1.29, 1.82) is 0 Å². The summed E-state index contributed by atoms with van der Waals surface area (Å²) in [5.74, 6) is -1.49. The normalized spacial score (nSPS) is 24.7. The molecule has 13 heteroatoms. The Morgan fingerprint density at radius 2 is 1.51 bits per heavy atom. The number of benzene rings is 2. The molecule has 0 radical (unpaired) electrons. The van der Waals surface area contributed by atoms with Crippen LogP contribution in [0.5, 0.6) is 0 Å². The third-order valence-electron chi connectivity index (χ3n) is 6.86. The van der Waals surface area contributed by atoms with Gasteiger partial charge in [0.2, 0.25) is 0 Å². The van der Waals surface area contributed by atoms with E-state index in [1.807, 2.05) is 48.5 Å². The zero-order valence-corrected chi connectivity index (χ0v) is 21.6. The minimum atomic E-state index is -1.53. The van der Waals surface area contributed by atoms with E-state index in [0.29, 0.717) is 0 Å². The van der Waals surface area contributed by atoms with E-state index in [2.05, 4.69) is 16.0 Å². The monoisotopic (exact) mass is 561 g/mol. The third kappa shape index (κ3) is 6.46. The van der Waals surface area contributed by atoms with Gasteiger partial charge in [-0.2, -0.15) is 0 Å². The molecule has 1 aliphatic heterocycles. The smallest absolute Gasteiger partial charge is 0.407 e. The first-order chi connectivity index (χ1) is 18.7.